The third kappa shape index (κ3) is 4.47. The number of thiophene rings is 1. The molecule has 9 aromatic carbocycles. The van der Waals surface area contributed by atoms with E-state index in [1.165, 1.54) is 53.6 Å². The summed E-state index contributed by atoms with van der Waals surface area (Å²) in [6, 6.07) is 72.2. The van der Waals surface area contributed by atoms with Crippen molar-refractivity contribution < 1.29 is 9.15 Å². The predicted molar refractivity (Wildman–Crippen MR) is 244 cm³/mol. The summed E-state index contributed by atoms with van der Waals surface area (Å²) in [5, 5.41) is 4.57. The zero-order chi connectivity index (χ0) is 38.7. The number of benzene rings is 9. The van der Waals surface area contributed by atoms with Crippen LogP contribution in [0.2, 0.25) is 0 Å². The SMILES string of the molecule is c1ccc(-c2ccc3sc4cccc(N(c5cccc6c5Oc5ccccc5C65c6ccccc6-c6ccccc65)c5cccc6c5oc5ccccc56)c4c3c2)cc1. The van der Waals surface area contributed by atoms with Crippen molar-refractivity contribution in [1.82, 2.24) is 0 Å². The lowest BCUT2D eigenvalue weighted by Crippen LogP contribution is -2.32. The van der Waals surface area contributed by atoms with Crippen LogP contribution in [0.15, 0.2) is 205 Å². The molecule has 1 aliphatic heterocycles. The van der Waals surface area contributed by atoms with Crippen LogP contribution in [0.3, 0.4) is 0 Å². The maximum Gasteiger partial charge on any atom is 0.159 e. The minimum atomic E-state index is -0.601. The molecule has 2 aliphatic rings. The molecule has 2 aromatic heterocycles. The lowest BCUT2D eigenvalue weighted by atomic mass is 9.66. The predicted octanol–water partition coefficient (Wildman–Crippen LogP) is 15.6. The molecule has 276 valence electrons. The van der Waals surface area contributed by atoms with Crippen molar-refractivity contribution in [3.63, 3.8) is 0 Å². The Bertz CT molecular complexity index is 3460. The Labute approximate surface area is 344 Å². The Morgan fingerprint density at radius 3 is 1.92 bits per heavy atom. The number of anilines is 3. The molecule has 0 N–H and O–H groups in total. The van der Waals surface area contributed by atoms with Crippen molar-refractivity contribution in [1.29, 1.82) is 0 Å². The molecule has 4 heteroatoms. The third-order valence-corrected chi connectivity index (χ3v) is 13.7. The van der Waals surface area contributed by atoms with Gasteiger partial charge in [0.1, 0.15) is 11.3 Å². The Morgan fingerprint density at radius 1 is 0.424 bits per heavy atom. The average Bonchev–Trinajstić information content (AvgIpc) is 3.96. The molecule has 13 rings (SSSR count). The second-order valence-electron chi connectivity index (χ2n) is 15.5. The first-order valence-corrected chi connectivity index (χ1v) is 20.9. The summed E-state index contributed by atoms with van der Waals surface area (Å²) in [6.07, 6.45) is 0. The Hall–Kier alpha value is -7.40. The summed E-state index contributed by atoms with van der Waals surface area (Å²) >= 11 is 1.83. The molecule has 0 unspecified atom stereocenters. The van der Waals surface area contributed by atoms with Crippen LogP contribution in [-0.2, 0) is 5.41 Å². The lowest BCUT2D eigenvalue weighted by molar-refractivity contribution is 0.437. The first kappa shape index (κ1) is 32.7. The zero-order valence-electron chi connectivity index (χ0n) is 31.7. The number of hydrogen-bond donors (Lipinski definition) is 0. The van der Waals surface area contributed by atoms with E-state index in [0.717, 1.165) is 61.6 Å². The normalized spacial score (nSPS) is 13.4. The summed E-state index contributed by atoms with van der Waals surface area (Å²) in [5.41, 5.74) is 13.7. The van der Waals surface area contributed by atoms with Crippen molar-refractivity contribution >= 4 is 70.5 Å². The molecule has 1 spiro atoms. The van der Waals surface area contributed by atoms with E-state index in [0.29, 0.717) is 0 Å². The van der Waals surface area contributed by atoms with Gasteiger partial charge in [-0.3, -0.25) is 0 Å². The van der Waals surface area contributed by atoms with Crippen LogP contribution in [0.4, 0.5) is 17.1 Å². The van der Waals surface area contributed by atoms with Gasteiger partial charge in [-0.25, -0.2) is 0 Å². The Kier molecular flexibility index (Phi) is 6.81. The first-order chi connectivity index (χ1) is 29.3. The van der Waals surface area contributed by atoms with Crippen molar-refractivity contribution in [2.45, 2.75) is 5.41 Å². The van der Waals surface area contributed by atoms with E-state index in [1.807, 2.05) is 17.4 Å². The molecule has 59 heavy (non-hydrogen) atoms. The average molecular weight is 772 g/mol. The molecule has 0 saturated carbocycles. The van der Waals surface area contributed by atoms with Gasteiger partial charge in [0, 0.05) is 42.1 Å². The van der Waals surface area contributed by atoms with Crippen molar-refractivity contribution in [2.75, 3.05) is 4.90 Å². The van der Waals surface area contributed by atoms with Gasteiger partial charge >= 0.3 is 0 Å². The van der Waals surface area contributed by atoms with Crippen LogP contribution in [0, 0.1) is 0 Å². The second-order valence-corrected chi connectivity index (χ2v) is 16.6. The van der Waals surface area contributed by atoms with Crippen molar-refractivity contribution in [2.24, 2.45) is 0 Å². The van der Waals surface area contributed by atoms with E-state index in [-0.39, 0.29) is 0 Å². The van der Waals surface area contributed by atoms with Gasteiger partial charge in [0.15, 0.2) is 11.3 Å². The minimum absolute atomic E-state index is 0.601. The lowest BCUT2D eigenvalue weighted by Gasteiger charge is -2.41. The molecule has 3 nitrogen and oxygen atoms in total. The molecule has 0 saturated heterocycles. The summed E-state index contributed by atoms with van der Waals surface area (Å²) in [4.78, 5) is 2.40. The Balaban J connectivity index is 1.16. The first-order valence-electron chi connectivity index (χ1n) is 20.1. The molecule has 0 amide bonds. The fraction of sp³-hybridized carbons (Fsp3) is 0.0182. The number of fused-ring (bicyclic) bond motifs is 15. The molecular formula is C55H33NO2S. The monoisotopic (exact) mass is 771 g/mol. The van der Waals surface area contributed by atoms with Crippen LogP contribution >= 0.6 is 11.3 Å². The smallest absolute Gasteiger partial charge is 0.159 e. The van der Waals surface area contributed by atoms with Crippen LogP contribution < -0.4 is 9.64 Å². The molecule has 0 bridgehead atoms. The highest BCUT2D eigenvalue weighted by Crippen LogP contribution is 2.64. The van der Waals surface area contributed by atoms with E-state index in [1.54, 1.807) is 0 Å². The van der Waals surface area contributed by atoms with Crippen LogP contribution in [0.1, 0.15) is 22.3 Å². The third-order valence-electron chi connectivity index (χ3n) is 12.5. The van der Waals surface area contributed by atoms with Gasteiger partial charge in [0.05, 0.1) is 22.5 Å². The quantitative estimate of drug-likeness (QED) is 0.178. The summed E-state index contributed by atoms with van der Waals surface area (Å²) < 4.78 is 16.6. The highest BCUT2D eigenvalue weighted by molar-refractivity contribution is 7.26. The molecule has 11 aromatic rings. The van der Waals surface area contributed by atoms with Crippen molar-refractivity contribution in [3.05, 3.63) is 222 Å². The molecule has 0 radical (unpaired) electrons. The van der Waals surface area contributed by atoms with Gasteiger partial charge in [0.2, 0.25) is 0 Å². The molecule has 3 heterocycles. The van der Waals surface area contributed by atoms with E-state index >= 15 is 0 Å². The number of rotatable bonds is 4. The maximum atomic E-state index is 7.31. The van der Waals surface area contributed by atoms with Crippen LogP contribution in [0.25, 0.3) is 64.4 Å². The van der Waals surface area contributed by atoms with Crippen molar-refractivity contribution in [3.8, 4) is 33.8 Å². The number of hydrogen-bond acceptors (Lipinski definition) is 4. The fourth-order valence-electron chi connectivity index (χ4n) is 10.1. The van der Waals surface area contributed by atoms with E-state index in [9.17, 15) is 0 Å². The van der Waals surface area contributed by atoms with Crippen LogP contribution in [-0.4, -0.2) is 0 Å². The Morgan fingerprint density at radius 2 is 1.07 bits per heavy atom. The van der Waals surface area contributed by atoms with Gasteiger partial charge in [0.25, 0.3) is 0 Å². The number of ether oxygens (including phenoxy) is 1. The van der Waals surface area contributed by atoms with Gasteiger partial charge in [-0.05, 0) is 81.9 Å². The van der Waals surface area contributed by atoms with Gasteiger partial charge in [-0.15, -0.1) is 11.3 Å². The second kappa shape index (κ2) is 12.3. The number of nitrogens with zero attached hydrogens (tertiary/aromatic N) is 1. The van der Waals surface area contributed by atoms with Gasteiger partial charge in [-0.1, -0.05) is 152 Å². The zero-order valence-corrected chi connectivity index (χ0v) is 32.5. The van der Waals surface area contributed by atoms with Crippen LogP contribution in [0.5, 0.6) is 11.5 Å². The van der Waals surface area contributed by atoms with E-state index in [2.05, 4.69) is 199 Å². The number of para-hydroxylation sites is 4. The largest absolute Gasteiger partial charge is 0.454 e. The minimum Gasteiger partial charge on any atom is -0.454 e. The standard InChI is InChI=1S/C55H33NO2S/c1-2-15-34(16-3-1)35-31-32-50-40(33-35)52-45(25-14-30-51(52)59-50)56(46-26-12-20-39-38-19-6-10-28-48(38)57-53(39)46)47-27-13-24-44-54(47)58-49-29-11-9-23-43(49)55(44)41-21-7-4-17-36(41)37-18-5-8-22-42(37)55/h1-33H. The highest BCUT2D eigenvalue weighted by atomic mass is 32.1. The highest BCUT2D eigenvalue weighted by Gasteiger charge is 2.51. The number of furan rings is 1. The van der Waals surface area contributed by atoms with Gasteiger partial charge < -0.3 is 14.1 Å². The summed E-state index contributed by atoms with van der Waals surface area (Å²) in [7, 11) is 0. The molecule has 0 atom stereocenters. The molecule has 1 aliphatic carbocycles. The molecular weight excluding hydrogens is 739 g/mol. The summed E-state index contributed by atoms with van der Waals surface area (Å²) in [5.74, 6) is 1.68. The maximum absolute atomic E-state index is 7.31. The van der Waals surface area contributed by atoms with E-state index < -0.39 is 5.41 Å². The van der Waals surface area contributed by atoms with Gasteiger partial charge in [-0.2, -0.15) is 0 Å². The topological polar surface area (TPSA) is 25.6 Å². The van der Waals surface area contributed by atoms with E-state index in [4.69, 9.17) is 9.15 Å². The summed E-state index contributed by atoms with van der Waals surface area (Å²) in [6.45, 7) is 0. The molecule has 0 fully saturated rings. The fourth-order valence-corrected chi connectivity index (χ4v) is 11.2.